The Bertz CT molecular complexity index is 317. The van der Waals surface area contributed by atoms with Crippen molar-refractivity contribution in [2.75, 3.05) is 24.3 Å². The molecule has 0 saturated carbocycles. The molecule has 0 aliphatic carbocycles. The number of benzene rings is 1. The van der Waals surface area contributed by atoms with Crippen molar-refractivity contribution in [2.45, 2.75) is 19.9 Å². The lowest BCUT2D eigenvalue weighted by Crippen LogP contribution is -2.21. The fraction of sp³-hybridized carbons (Fsp3) is 0.455. The average Bonchev–Trinajstić information content (AvgIpc) is 2.19. The summed E-state index contributed by atoms with van der Waals surface area (Å²) in [5.41, 5.74) is 7.45. The highest BCUT2D eigenvalue weighted by Gasteiger charge is 2.04. The Balaban J connectivity index is 2.56. The number of hydrogen-bond donors (Lipinski definition) is 2. The van der Waals surface area contributed by atoms with Crippen LogP contribution < -0.4 is 11.1 Å². The van der Waals surface area contributed by atoms with E-state index in [1.807, 2.05) is 25.1 Å². The highest BCUT2D eigenvalue weighted by Crippen LogP contribution is 2.25. The Morgan fingerprint density at radius 1 is 1.53 bits per heavy atom. The van der Waals surface area contributed by atoms with E-state index < -0.39 is 0 Å². The van der Waals surface area contributed by atoms with Crippen LogP contribution in [0.1, 0.15) is 13.8 Å². The fourth-order valence-corrected chi connectivity index (χ4v) is 1.76. The van der Waals surface area contributed by atoms with Gasteiger partial charge in [-0.15, -0.1) is 0 Å². The maximum atomic E-state index is 5.66. The first-order valence-corrected chi connectivity index (χ1v) is 5.82. The van der Waals surface area contributed by atoms with E-state index in [2.05, 4.69) is 28.2 Å². The zero-order chi connectivity index (χ0) is 11.3. The third-order valence-electron chi connectivity index (χ3n) is 1.97. The van der Waals surface area contributed by atoms with Crippen LogP contribution in [-0.4, -0.2) is 19.3 Å². The molecular formula is C11H17BrN2O. The zero-order valence-electron chi connectivity index (χ0n) is 9.09. The van der Waals surface area contributed by atoms with Gasteiger partial charge >= 0.3 is 0 Å². The molecule has 1 aromatic carbocycles. The van der Waals surface area contributed by atoms with Crippen molar-refractivity contribution < 1.29 is 4.74 Å². The maximum absolute atomic E-state index is 5.66. The number of rotatable bonds is 5. The van der Waals surface area contributed by atoms with Crippen LogP contribution in [0.25, 0.3) is 0 Å². The number of anilines is 2. The molecule has 3 nitrogen and oxygen atoms in total. The number of nitrogen functional groups attached to an aromatic ring is 1. The van der Waals surface area contributed by atoms with Crippen molar-refractivity contribution in [1.29, 1.82) is 0 Å². The number of hydrogen-bond acceptors (Lipinski definition) is 3. The summed E-state index contributed by atoms with van der Waals surface area (Å²) >= 11 is 3.46. The van der Waals surface area contributed by atoms with Gasteiger partial charge in [0.1, 0.15) is 0 Å². The molecule has 4 heteroatoms. The monoisotopic (exact) mass is 272 g/mol. The molecule has 0 radical (unpaired) electrons. The Morgan fingerprint density at radius 3 is 2.87 bits per heavy atom. The lowest BCUT2D eigenvalue weighted by molar-refractivity contribution is 0.141. The molecule has 0 aliphatic rings. The van der Waals surface area contributed by atoms with Gasteiger partial charge in [-0.05, 0) is 48.0 Å². The smallest absolute Gasteiger partial charge is 0.0664 e. The van der Waals surface area contributed by atoms with Crippen LogP contribution in [0.4, 0.5) is 11.4 Å². The van der Waals surface area contributed by atoms with Gasteiger partial charge in [-0.1, -0.05) is 0 Å². The van der Waals surface area contributed by atoms with Gasteiger partial charge in [-0.3, -0.25) is 0 Å². The summed E-state index contributed by atoms with van der Waals surface area (Å²) in [5, 5.41) is 3.34. The fourth-order valence-electron chi connectivity index (χ4n) is 1.25. The molecule has 84 valence electrons. The Hall–Kier alpha value is -0.740. The molecule has 0 heterocycles. The zero-order valence-corrected chi connectivity index (χ0v) is 10.7. The van der Waals surface area contributed by atoms with E-state index in [-0.39, 0.29) is 6.04 Å². The predicted octanol–water partition coefficient (Wildman–Crippen LogP) is 2.87. The summed E-state index contributed by atoms with van der Waals surface area (Å²) in [4.78, 5) is 0. The maximum Gasteiger partial charge on any atom is 0.0664 e. The first-order chi connectivity index (χ1) is 7.13. The van der Waals surface area contributed by atoms with Crippen molar-refractivity contribution in [3.8, 4) is 0 Å². The first kappa shape index (κ1) is 12.3. The molecule has 0 bridgehead atoms. The Morgan fingerprint density at radius 2 is 2.27 bits per heavy atom. The van der Waals surface area contributed by atoms with Gasteiger partial charge in [0.2, 0.25) is 0 Å². The van der Waals surface area contributed by atoms with Crippen molar-refractivity contribution in [2.24, 2.45) is 0 Å². The van der Waals surface area contributed by atoms with Gasteiger partial charge in [0, 0.05) is 28.5 Å². The molecule has 1 rings (SSSR count). The minimum Gasteiger partial charge on any atom is -0.399 e. The lowest BCUT2D eigenvalue weighted by atomic mass is 10.2. The molecule has 1 atom stereocenters. The van der Waals surface area contributed by atoms with Gasteiger partial charge < -0.3 is 15.8 Å². The van der Waals surface area contributed by atoms with E-state index in [9.17, 15) is 0 Å². The third-order valence-corrected chi connectivity index (χ3v) is 2.62. The van der Waals surface area contributed by atoms with Crippen LogP contribution in [0.5, 0.6) is 0 Å². The van der Waals surface area contributed by atoms with Crippen molar-refractivity contribution in [3.05, 3.63) is 22.7 Å². The largest absolute Gasteiger partial charge is 0.399 e. The third kappa shape index (κ3) is 4.10. The summed E-state index contributed by atoms with van der Waals surface area (Å²) in [6.07, 6.45) is 0. The van der Waals surface area contributed by atoms with E-state index in [0.29, 0.717) is 6.61 Å². The number of nitrogens with two attached hydrogens (primary N) is 1. The second kappa shape index (κ2) is 5.98. The van der Waals surface area contributed by atoms with Crippen LogP contribution in [0.15, 0.2) is 22.7 Å². The predicted molar refractivity (Wildman–Crippen MR) is 68.1 cm³/mol. The SMILES string of the molecule is CCOCC(C)Nc1ccc(N)cc1Br. The van der Waals surface area contributed by atoms with E-state index in [1.165, 1.54) is 0 Å². The van der Waals surface area contributed by atoms with Crippen molar-refractivity contribution in [3.63, 3.8) is 0 Å². The summed E-state index contributed by atoms with van der Waals surface area (Å²) in [7, 11) is 0. The first-order valence-electron chi connectivity index (χ1n) is 5.02. The van der Waals surface area contributed by atoms with Crippen molar-refractivity contribution >= 4 is 27.3 Å². The highest BCUT2D eigenvalue weighted by atomic mass is 79.9. The highest BCUT2D eigenvalue weighted by molar-refractivity contribution is 9.10. The van der Waals surface area contributed by atoms with Crippen LogP contribution in [0.3, 0.4) is 0 Å². The van der Waals surface area contributed by atoms with Gasteiger partial charge in [-0.2, -0.15) is 0 Å². The molecule has 0 aliphatic heterocycles. The minimum atomic E-state index is 0.282. The molecule has 1 aromatic rings. The van der Waals surface area contributed by atoms with E-state index in [1.54, 1.807) is 0 Å². The van der Waals surface area contributed by atoms with Crippen LogP contribution >= 0.6 is 15.9 Å². The van der Waals surface area contributed by atoms with E-state index >= 15 is 0 Å². The molecule has 1 unspecified atom stereocenters. The van der Waals surface area contributed by atoms with Gasteiger partial charge in [0.15, 0.2) is 0 Å². The minimum absolute atomic E-state index is 0.282. The van der Waals surface area contributed by atoms with Crippen molar-refractivity contribution in [1.82, 2.24) is 0 Å². The molecule has 0 amide bonds. The summed E-state index contributed by atoms with van der Waals surface area (Å²) in [5.74, 6) is 0. The normalized spacial score (nSPS) is 12.5. The lowest BCUT2D eigenvalue weighted by Gasteiger charge is -2.16. The molecular weight excluding hydrogens is 256 g/mol. The number of nitrogens with one attached hydrogen (secondary N) is 1. The molecule has 3 N–H and O–H groups in total. The van der Waals surface area contributed by atoms with E-state index in [0.717, 1.165) is 22.5 Å². The Kier molecular flexibility index (Phi) is 4.91. The number of ether oxygens (including phenoxy) is 1. The standard InChI is InChI=1S/C11H17BrN2O/c1-3-15-7-8(2)14-11-5-4-9(13)6-10(11)12/h4-6,8,14H,3,7,13H2,1-2H3. The number of halogens is 1. The van der Waals surface area contributed by atoms with E-state index in [4.69, 9.17) is 10.5 Å². The Labute approximate surface area is 99.1 Å². The van der Waals surface area contributed by atoms with Gasteiger partial charge in [-0.25, -0.2) is 0 Å². The van der Waals surface area contributed by atoms with Gasteiger partial charge in [0.05, 0.1) is 6.61 Å². The van der Waals surface area contributed by atoms with Gasteiger partial charge in [0.25, 0.3) is 0 Å². The average molecular weight is 273 g/mol. The molecule has 15 heavy (non-hydrogen) atoms. The van der Waals surface area contributed by atoms with Crippen LogP contribution in [-0.2, 0) is 4.74 Å². The molecule has 0 spiro atoms. The topological polar surface area (TPSA) is 47.3 Å². The molecule has 0 saturated heterocycles. The molecule has 0 aromatic heterocycles. The molecule has 0 fully saturated rings. The van der Waals surface area contributed by atoms with Crippen LogP contribution in [0, 0.1) is 0 Å². The summed E-state index contributed by atoms with van der Waals surface area (Å²) < 4.78 is 6.31. The van der Waals surface area contributed by atoms with Crippen LogP contribution in [0.2, 0.25) is 0 Å². The quantitative estimate of drug-likeness (QED) is 0.811. The summed E-state index contributed by atoms with van der Waals surface area (Å²) in [6.45, 7) is 5.52. The summed E-state index contributed by atoms with van der Waals surface area (Å²) in [6, 6.07) is 6.00. The second-order valence-electron chi connectivity index (χ2n) is 3.44. The second-order valence-corrected chi connectivity index (χ2v) is 4.30.